The van der Waals surface area contributed by atoms with Crippen LogP contribution in [0.5, 0.6) is 0 Å². The van der Waals surface area contributed by atoms with Crippen LogP contribution in [0, 0.1) is 0 Å². The van der Waals surface area contributed by atoms with Gasteiger partial charge in [0.15, 0.2) is 0 Å². The molecule has 8 N–H and O–H groups in total. The fraction of sp³-hybridized carbons (Fsp3) is 0.321. The van der Waals surface area contributed by atoms with E-state index in [4.69, 9.17) is 10.8 Å². The number of carboxylic acids is 2. The molecular formula is C28H33N5O7. The van der Waals surface area contributed by atoms with Crippen LogP contribution in [0.2, 0.25) is 0 Å². The maximum absolute atomic E-state index is 13.5. The average molecular weight is 552 g/mol. The number of hydrogen-bond acceptors (Lipinski definition) is 6. The van der Waals surface area contributed by atoms with Crippen molar-refractivity contribution in [1.29, 1.82) is 0 Å². The number of carbonyl (C=O) groups excluding carboxylic acids is 3. The lowest BCUT2D eigenvalue weighted by Gasteiger charge is -2.25. The highest BCUT2D eigenvalue weighted by Crippen LogP contribution is 2.19. The van der Waals surface area contributed by atoms with E-state index in [0.29, 0.717) is 5.56 Å². The summed E-state index contributed by atoms with van der Waals surface area (Å²) in [6, 6.07) is 11.6. The SMILES string of the molecule is CC(N)C(=O)NC(Cc1ccccc1)C(=O)NC(Cc1c[nH]c2ccccc12)C(=O)NC(CCC(=O)O)C(=O)O. The lowest BCUT2D eigenvalue weighted by molar-refractivity contribution is -0.143. The van der Waals surface area contributed by atoms with E-state index in [1.807, 2.05) is 30.3 Å². The molecule has 0 radical (unpaired) electrons. The normalized spacial score (nSPS) is 13.9. The number of para-hydroxylation sites is 1. The number of nitrogens with one attached hydrogen (secondary N) is 4. The summed E-state index contributed by atoms with van der Waals surface area (Å²) < 4.78 is 0. The Balaban J connectivity index is 1.88. The molecule has 0 fully saturated rings. The van der Waals surface area contributed by atoms with Crippen molar-refractivity contribution in [2.75, 3.05) is 0 Å². The summed E-state index contributed by atoms with van der Waals surface area (Å²) in [5.41, 5.74) is 7.94. The van der Waals surface area contributed by atoms with Crippen molar-refractivity contribution < 1.29 is 34.2 Å². The Morgan fingerprint density at radius 1 is 0.800 bits per heavy atom. The summed E-state index contributed by atoms with van der Waals surface area (Å²) >= 11 is 0. The molecule has 1 heterocycles. The first-order valence-electron chi connectivity index (χ1n) is 12.8. The van der Waals surface area contributed by atoms with Gasteiger partial charge in [0.05, 0.1) is 6.04 Å². The molecule has 4 atom stereocenters. The summed E-state index contributed by atoms with van der Waals surface area (Å²) in [5.74, 6) is -4.66. The molecule has 0 bridgehead atoms. The van der Waals surface area contributed by atoms with Gasteiger partial charge in [-0.2, -0.15) is 0 Å². The number of carbonyl (C=O) groups is 5. The van der Waals surface area contributed by atoms with Crippen LogP contribution in [-0.4, -0.2) is 69.0 Å². The number of nitrogens with two attached hydrogens (primary N) is 1. The maximum atomic E-state index is 13.5. The predicted octanol–water partition coefficient (Wildman–Crippen LogP) is 0.704. The molecule has 0 aliphatic carbocycles. The first-order valence-corrected chi connectivity index (χ1v) is 12.8. The molecule has 0 aliphatic heterocycles. The average Bonchev–Trinajstić information content (AvgIpc) is 3.33. The molecule has 2 aromatic carbocycles. The Morgan fingerprint density at radius 2 is 1.38 bits per heavy atom. The van der Waals surface area contributed by atoms with Crippen molar-refractivity contribution in [3.8, 4) is 0 Å². The van der Waals surface area contributed by atoms with E-state index in [9.17, 15) is 29.1 Å². The molecular weight excluding hydrogens is 518 g/mol. The lowest BCUT2D eigenvalue weighted by Crippen LogP contribution is -2.58. The summed E-state index contributed by atoms with van der Waals surface area (Å²) in [7, 11) is 0. The van der Waals surface area contributed by atoms with Crippen LogP contribution in [-0.2, 0) is 36.8 Å². The van der Waals surface area contributed by atoms with Gasteiger partial charge in [-0.3, -0.25) is 19.2 Å². The number of hydrogen-bond donors (Lipinski definition) is 7. The van der Waals surface area contributed by atoms with Crippen LogP contribution in [0.3, 0.4) is 0 Å². The minimum Gasteiger partial charge on any atom is -0.481 e. The Bertz CT molecular complexity index is 1360. The van der Waals surface area contributed by atoms with E-state index in [1.165, 1.54) is 6.92 Å². The van der Waals surface area contributed by atoms with Gasteiger partial charge in [0, 0.05) is 36.4 Å². The molecule has 0 saturated carbocycles. The van der Waals surface area contributed by atoms with Gasteiger partial charge in [0.1, 0.15) is 18.1 Å². The highest BCUT2D eigenvalue weighted by atomic mass is 16.4. The standard InChI is InChI=1S/C28H33N5O7/c1-16(29)25(36)32-22(13-17-7-3-2-4-8-17)26(37)33-23(14-18-15-30-20-10-6-5-9-19(18)20)27(38)31-21(28(39)40)11-12-24(34)35/h2-10,15-16,21-23,30H,11-14,29H2,1H3,(H,31,38)(H,32,36)(H,33,37)(H,34,35)(H,39,40). The third-order valence-corrected chi connectivity index (χ3v) is 6.32. The molecule has 3 rings (SSSR count). The molecule has 12 nitrogen and oxygen atoms in total. The summed E-state index contributed by atoms with van der Waals surface area (Å²) in [5, 5.41) is 26.9. The number of aromatic amines is 1. The number of rotatable bonds is 14. The fourth-order valence-electron chi connectivity index (χ4n) is 4.16. The van der Waals surface area contributed by atoms with Gasteiger partial charge in [-0.25, -0.2) is 4.79 Å². The monoisotopic (exact) mass is 551 g/mol. The second-order valence-electron chi connectivity index (χ2n) is 9.50. The zero-order valence-corrected chi connectivity index (χ0v) is 21.9. The van der Waals surface area contributed by atoms with E-state index in [-0.39, 0.29) is 19.3 Å². The molecule has 3 amide bonds. The Hall–Kier alpha value is -4.71. The molecule has 40 heavy (non-hydrogen) atoms. The van der Waals surface area contributed by atoms with Crippen molar-refractivity contribution in [2.24, 2.45) is 5.73 Å². The number of aromatic nitrogens is 1. The lowest BCUT2D eigenvalue weighted by atomic mass is 10.0. The molecule has 12 heteroatoms. The molecule has 4 unspecified atom stereocenters. The smallest absolute Gasteiger partial charge is 0.326 e. The first kappa shape index (κ1) is 29.8. The van der Waals surface area contributed by atoms with E-state index < -0.39 is 60.2 Å². The van der Waals surface area contributed by atoms with E-state index in [2.05, 4.69) is 20.9 Å². The summed E-state index contributed by atoms with van der Waals surface area (Å²) in [6.07, 6.45) is 0.981. The number of amides is 3. The van der Waals surface area contributed by atoms with Crippen molar-refractivity contribution in [2.45, 2.75) is 56.8 Å². The van der Waals surface area contributed by atoms with E-state index in [0.717, 1.165) is 16.5 Å². The van der Waals surface area contributed by atoms with Crippen molar-refractivity contribution in [3.63, 3.8) is 0 Å². The molecule has 212 valence electrons. The van der Waals surface area contributed by atoms with Crippen LogP contribution in [0.4, 0.5) is 0 Å². The zero-order chi connectivity index (χ0) is 29.2. The Kier molecular flexibility index (Phi) is 10.4. The number of carboxylic acid groups (broad SMARTS) is 2. The quantitative estimate of drug-likeness (QED) is 0.152. The van der Waals surface area contributed by atoms with Crippen molar-refractivity contribution in [3.05, 3.63) is 71.9 Å². The van der Waals surface area contributed by atoms with Gasteiger partial charge in [-0.05, 0) is 30.5 Å². The van der Waals surface area contributed by atoms with E-state index >= 15 is 0 Å². The van der Waals surface area contributed by atoms with Crippen molar-refractivity contribution in [1.82, 2.24) is 20.9 Å². The van der Waals surface area contributed by atoms with Gasteiger partial charge in [0.25, 0.3) is 0 Å². The maximum Gasteiger partial charge on any atom is 0.326 e. The minimum absolute atomic E-state index is 0.00779. The number of aliphatic carboxylic acids is 2. The van der Waals surface area contributed by atoms with Crippen LogP contribution < -0.4 is 21.7 Å². The Morgan fingerprint density at radius 3 is 2.00 bits per heavy atom. The van der Waals surface area contributed by atoms with Crippen molar-refractivity contribution >= 4 is 40.6 Å². The van der Waals surface area contributed by atoms with Gasteiger partial charge in [0.2, 0.25) is 17.7 Å². The number of fused-ring (bicyclic) bond motifs is 1. The second kappa shape index (κ2) is 13.9. The molecule has 0 aliphatic rings. The van der Waals surface area contributed by atoms with Crippen LogP contribution >= 0.6 is 0 Å². The highest BCUT2D eigenvalue weighted by Gasteiger charge is 2.31. The van der Waals surface area contributed by atoms with E-state index in [1.54, 1.807) is 30.5 Å². The Labute approximate surface area is 230 Å². The predicted molar refractivity (Wildman–Crippen MR) is 146 cm³/mol. The highest BCUT2D eigenvalue weighted by molar-refractivity contribution is 5.95. The summed E-state index contributed by atoms with van der Waals surface area (Å²) in [6.45, 7) is 1.48. The van der Waals surface area contributed by atoms with Crippen LogP contribution in [0.1, 0.15) is 30.9 Å². The van der Waals surface area contributed by atoms with Gasteiger partial charge >= 0.3 is 11.9 Å². The second-order valence-corrected chi connectivity index (χ2v) is 9.50. The third kappa shape index (κ3) is 8.40. The van der Waals surface area contributed by atoms with Gasteiger partial charge < -0.3 is 36.9 Å². The third-order valence-electron chi connectivity index (χ3n) is 6.32. The molecule has 3 aromatic rings. The molecule has 0 spiro atoms. The topological polar surface area (TPSA) is 204 Å². The van der Waals surface area contributed by atoms with Crippen LogP contribution in [0.25, 0.3) is 10.9 Å². The fourth-order valence-corrected chi connectivity index (χ4v) is 4.16. The number of H-pyrrole nitrogens is 1. The largest absolute Gasteiger partial charge is 0.481 e. The minimum atomic E-state index is -1.48. The molecule has 0 saturated heterocycles. The first-order chi connectivity index (χ1) is 19.0. The number of benzene rings is 2. The van der Waals surface area contributed by atoms with Gasteiger partial charge in [-0.1, -0.05) is 48.5 Å². The molecule has 1 aromatic heterocycles. The van der Waals surface area contributed by atoms with Gasteiger partial charge in [-0.15, -0.1) is 0 Å². The van der Waals surface area contributed by atoms with Crippen LogP contribution in [0.15, 0.2) is 60.8 Å². The summed E-state index contributed by atoms with van der Waals surface area (Å²) in [4.78, 5) is 65.1. The zero-order valence-electron chi connectivity index (χ0n) is 21.9.